The van der Waals surface area contributed by atoms with Crippen LogP contribution in [0.2, 0.25) is 0 Å². The van der Waals surface area contributed by atoms with E-state index in [4.69, 9.17) is 30.7 Å². The summed E-state index contributed by atoms with van der Waals surface area (Å²) < 4.78 is 24.5. The maximum Gasteiger partial charge on any atom is 0.361 e. The molecule has 0 spiro atoms. The fourth-order valence-electron chi connectivity index (χ4n) is 9.00. The van der Waals surface area contributed by atoms with Gasteiger partial charge in [0.1, 0.15) is 25.4 Å². The standard InChI is InChI=1S/C66H58N6O7S2/c1-5-78-66(76)65(61-25-20-53(39-67-61)50-14-8-15-58(36-50)79-27-9-28-80-81-29-26-63(75)71-69-38-45-16-21-57(77-4)22-17-45)72-70-62-37-54(59-23-18-51(30-43(59)2)48-12-6-10-46(32-48)41-73)34-55-35-56(40-68-64(55)62)60-24-19-52(31-44(60)3)49-13-7-11-47(33-49)42-74/h6-8,10-25,30-42,70H,5,9,26-29H2,1-4H3,(H,71,75)/b69-38+,72-65+/i41D. The summed E-state index contributed by atoms with van der Waals surface area (Å²) in [6.45, 7) is 6.45. The van der Waals surface area contributed by atoms with Crippen LogP contribution < -0.4 is 20.3 Å². The fourth-order valence-corrected chi connectivity index (χ4v) is 11.1. The molecule has 0 aliphatic rings. The average molecular weight is 1110 g/mol. The van der Waals surface area contributed by atoms with Crippen LogP contribution in [0, 0.1) is 13.8 Å². The SMILES string of the molecule is [2H]C(=O)c1cccc(-c2ccc(-c3cc(N/N=C(/C(=O)OCC)c4ccc(-c5cccc(OCCCSSCCC(=O)N/N=C/c6ccc(OC)cc6)c5)cn4)c4ncc(-c5ccc(-c6cccc(C=O)c6)cc5C)cc4c3)c(C)c2)c1. The molecule has 2 N–H and O–H groups in total. The van der Waals surface area contributed by atoms with Gasteiger partial charge in [0.2, 0.25) is 5.91 Å². The Morgan fingerprint density at radius 3 is 1.96 bits per heavy atom. The number of nitrogens with one attached hydrogen (secondary N) is 2. The van der Waals surface area contributed by atoms with Crippen LogP contribution in [-0.2, 0) is 14.3 Å². The molecule has 1 amide bonds. The topological polar surface area (TPSA) is 171 Å². The zero-order valence-electron chi connectivity index (χ0n) is 46.1. The molecule has 406 valence electrons. The van der Waals surface area contributed by atoms with Gasteiger partial charge in [0, 0.05) is 58.0 Å². The van der Waals surface area contributed by atoms with Gasteiger partial charge in [-0.1, -0.05) is 113 Å². The van der Waals surface area contributed by atoms with Gasteiger partial charge in [-0.15, -0.1) is 0 Å². The molecule has 13 nitrogen and oxygen atoms in total. The van der Waals surface area contributed by atoms with Crippen molar-refractivity contribution in [2.75, 3.05) is 37.3 Å². The molecule has 0 atom stereocenters. The highest BCUT2D eigenvalue weighted by molar-refractivity contribution is 8.76. The number of aldehydes is 2. The maximum absolute atomic E-state index is 13.7. The van der Waals surface area contributed by atoms with Crippen molar-refractivity contribution in [3.63, 3.8) is 0 Å². The molecule has 0 saturated carbocycles. The number of aromatic nitrogens is 2. The van der Waals surface area contributed by atoms with Gasteiger partial charge in [0.05, 0.1) is 43.4 Å². The van der Waals surface area contributed by atoms with E-state index in [1.807, 2.05) is 116 Å². The van der Waals surface area contributed by atoms with Gasteiger partial charge in [0.15, 0.2) is 5.71 Å². The van der Waals surface area contributed by atoms with E-state index in [-0.39, 0.29) is 18.2 Å². The van der Waals surface area contributed by atoms with E-state index in [1.165, 1.54) is 0 Å². The smallest absolute Gasteiger partial charge is 0.361 e. The number of ether oxygens (including phenoxy) is 3. The molecule has 81 heavy (non-hydrogen) atoms. The minimum Gasteiger partial charge on any atom is -0.497 e. The Kier molecular flexibility index (Phi) is 18.8. The van der Waals surface area contributed by atoms with Crippen LogP contribution in [0.3, 0.4) is 0 Å². The number of rotatable bonds is 24. The Labute approximate surface area is 480 Å². The summed E-state index contributed by atoms with van der Waals surface area (Å²) in [5.41, 5.74) is 20.0. The highest BCUT2D eigenvalue weighted by Gasteiger charge is 2.20. The monoisotopic (exact) mass is 1110 g/mol. The van der Waals surface area contributed by atoms with Gasteiger partial charge in [-0.25, -0.2) is 10.2 Å². The molecule has 9 aromatic rings. The van der Waals surface area contributed by atoms with Gasteiger partial charge in [0.25, 0.3) is 0 Å². The Balaban J connectivity index is 0.906. The molecule has 0 aliphatic carbocycles. The molecule has 2 aromatic heterocycles. The molecule has 0 bridgehead atoms. The van der Waals surface area contributed by atoms with Crippen LogP contribution in [0.1, 0.15) is 64.2 Å². The van der Waals surface area contributed by atoms with E-state index in [9.17, 15) is 19.2 Å². The second-order valence-corrected chi connectivity index (χ2v) is 21.4. The molecule has 15 heteroatoms. The second kappa shape index (κ2) is 27.6. The number of pyridine rings is 2. The molecular weight excluding hydrogens is 1050 g/mol. The summed E-state index contributed by atoms with van der Waals surface area (Å²) in [5.74, 6) is 2.18. The van der Waals surface area contributed by atoms with Crippen LogP contribution in [0.25, 0.3) is 66.5 Å². The van der Waals surface area contributed by atoms with Crippen molar-refractivity contribution in [2.24, 2.45) is 10.2 Å². The van der Waals surface area contributed by atoms with E-state index in [1.54, 1.807) is 78.4 Å². The lowest BCUT2D eigenvalue weighted by atomic mass is 9.93. The Hall–Kier alpha value is -9.18. The van der Waals surface area contributed by atoms with Crippen molar-refractivity contribution in [3.05, 3.63) is 210 Å². The van der Waals surface area contributed by atoms with E-state index >= 15 is 0 Å². The predicted octanol–water partition coefficient (Wildman–Crippen LogP) is 14.3. The summed E-state index contributed by atoms with van der Waals surface area (Å²) in [5, 5.41) is 9.55. The van der Waals surface area contributed by atoms with Crippen molar-refractivity contribution in [1.29, 1.82) is 0 Å². The largest absolute Gasteiger partial charge is 0.497 e. The average Bonchev–Trinajstić information content (AvgIpc) is 3.59. The van der Waals surface area contributed by atoms with E-state index in [2.05, 4.69) is 53.2 Å². The predicted molar refractivity (Wildman–Crippen MR) is 329 cm³/mol. The first-order valence-corrected chi connectivity index (χ1v) is 28.7. The summed E-state index contributed by atoms with van der Waals surface area (Å²) in [4.78, 5) is 59.2. The Bertz CT molecular complexity index is 3850. The van der Waals surface area contributed by atoms with Crippen molar-refractivity contribution in [2.45, 2.75) is 33.6 Å². The van der Waals surface area contributed by atoms with Crippen LogP contribution in [0.4, 0.5) is 5.69 Å². The first kappa shape index (κ1) is 55.1. The Morgan fingerprint density at radius 1 is 0.642 bits per heavy atom. The fraction of sp³-hybridized carbons (Fsp3) is 0.152. The van der Waals surface area contributed by atoms with Crippen LogP contribution in [-0.4, -0.2) is 78.1 Å². The number of fused-ring (bicyclic) bond motifs is 1. The second-order valence-electron chi connectivity index (χ2n) is 18.7. The third-order valence-corrected chi connectivity index (χ3v) is 15.6. The summed E-state index contributed by atoms with van der Waals surface area (Å²) >= 11 is 0. The van der Waals surface area contributed by atoms with Gasteiger partial charge in [-0.2, -0.15) is 10.2 Å². The number of hydrogen-bond acceptors (Lipinski definition) is 14. The maximum atomic E-state index is 13.7. The molecule has 0 saturated heterocycles. The van der Waals surface area contributed by atoms with Gasteiger partial charge >= 0.3 is 5.97 Å². The third kappa shape index (κ3) is 14.7. The van der Waals surface area contributed by atoms with Crippen molar-refractivity contribution in [1.82, 2.24) is 15.4 Å². The number of amides is 1. The van der Waals surface area contributed by atoms with Crippen LogP contribution in [0.5, 0.6) is 11.5 Å². The first-order chi connectivity index (χ1) is 40.0. The first-order valence-electron chi connectivity index (χ1n) is 26.7. The number of nitrogens with zero attached hydrogens (tertiary/aromatic N) is 4. The summed E-state index contributed by atoms with van der Waals surface area (Å²) in [7, 11) is 4.95. The number of methoxy groups -OCH3 is 1. The van der Waals surface area contributed by atoms with Gasteiger partial charge in [-0.3, -0.25) is 29.8 Å². The quantitative estimate of drug-likeness (QED) is 0.0147. The lowest BCUT2D eigenvalue weighted by Gasteiger charge is -2.15. The van der Waals surface area contributed by atoms with Gasteiger partial charge < -0.3 is 14.2 Å². The number of carbonyl (C=O) groups excluding carboxylic acids is 4. The van der Waals surface area contributed by atoms with Crippen molar-refractivity contribution < 1.29 is 34.8 Å². The van der Waals surface area contributed by atoms with Crippen molar-refractivity contribution in [3.8, 4) is 67.1 Å². The normalized spacial score (nSPS) is 11.5. The lowest BCUT2D eigenvalue weighted by Crippen LogP contribution is -2.21. The molecule has 9 rings (SSSR count). The van der Waals surface area contributed by atoms with E-state index in [0.717, 1.165) is 102 Å². The lowest BCUT2D eigenvalue weighted by molar-refractivity contribution is -0.135. The summed E-state index contributed by atoms with van der Waals surface area (Å²) in [6.07, 6.45) is 6.38. The number of carbonyl (C=O) groups is 4. The van der Waals surface area contributed by atoms with Crippen molar-refractivity contribution >= 4 is 74.5 Å². The van der Waals surface area contributed by atoms with Crippen LogP contribution in [0.15, 0.2) is 186 Å². The number of anilines is 1. The van der Waals surface area contributed by atoms with Crippen LogP contribution >= 0.6 is 21.6 Å². The number of aryl methyl sites for hydroxylation is 2. The van der Waals surface area contributed by atoms with E-state index < -0.39 is 12.2 Å². The molecule has 0 unspecified atom stereocenters. The number of hydrogen-bond donors (Lipinski definition) is 2. The van der Waals surface area contributed by atoms with Gasteiger partial charge in [-0.05, 0) is 161 Å². The molecule has 0 aliphatic heterocycles. The minimum atomic E-state index is -0.746. The minimum absolute atomic E-state index is 0.0294. The zero-order chi connectivity index (χ0) is 57.4. The molecule has 0 radical (unpaired) electrons. The Morgan fingerprint density at radius 2 is 1.28 bits per heavy atom. The third-order valence-electron chi connectivity index (χ3n) is 13.1. The zero-order valence-corrected chi connectivity index (χ0v) is 46.7. The van der Waals surface area contributed by atoms with E-state index in [0.29, 0.717) is 52.6 Å². The summed E-state index contributed by atoms with van der Waals surface area (Å²) in [6, 6.07) is 51.7. The highest BCUT2D eigenvalue weighted by Crippen LogP contribution is 2.37. The highest BCUT2D eigenvalue weighted by atomic mass is 33.1. The number of benzene rings is 7. The molecule has 2 heterocycles. The number of hydrazone groups is 2. The molecular formula is C66H58N6O7S2. The number of esters is 1. The molecule has 0 fully saturated rings. The molecule has 7 aromatic carbocycles.